The number of ether oxygens (including phenoxy) is 2. The topological polar surface area (TPSA) is 30.5 Å². The molecule has 0 unspecified atom stereocenters. The number of hydrogen-bond acceptors (Lipinski definition) is 3. The molecule has 1 aromatic carbocycles. The Labute approximate surface area is 85.0 Å². The fourth-order valence-corrected chi connectivity index (χ4v) is 1.31. The Bertz CT molecular complexity index is 297. The van der Waals surface area contributed by atoms with Crippen LogP contribution in [0.4, 0.5) is 5.69 Å². The lowest BCUT2D eigenvalue weighted by molar-refractivity contribution is 0.356. The van der Waals surface area contributed by atoms with Crippen LogP contribution >= 0.6 is 0 Å². The summed E-state index contributed by atoms with van der Waals surface area (Å²) in [4.78, 5) is 0. The van der Waals surface area contributed by atoms with Gasteiger partial charge in [-0.05, 0) is 26.0 Å². The quantitative estimate of drug-likeness (QED) is 0.800. The second-order valence-corrected chi connectivity index (χ2v) is 3.34. The van der Waals surface area contributed by atoms with Crippen LogP contribution in [0.25, 0.3) is 0 Å². The first kappa shape index (κ1) is 10.7. The van der Waals surface area contributed by atoms with Gasteiger partial charge >= 0.3 is 0 Å². The number of benzene rings is 1. The molecule has 0 fully saturated rings. The normalized spacial score (nSPS) is 10.1. The number of nitrogens with one attached hydrogen (secondary N) is 1. The summed E-state index contributed by atoms with van der Waals surface area (Å²) in [7, 11) is 3.28. The van der Waals surface area contributed by atoms with Gasteiger partial charge < -0.3 is 14.8 Å². The molecular weight excluding hydrogens is 178 g/mol. The lowest BCUT2D eigenvalue weighted by Crippen LogP contribution is -2.10. The smallest absolute Gasteiger partial charge is 0.183 e. The summed E-state index contributed by atoms with van der Waals surface area (Å²) < 4.78 is 10.5. The molecule has 0 saturated heterocycles. The van der Waals surface area contributed by atoms with E-state index in [1.54, 1.807) is 14.2 Å². The molecule has 0 bridgehead atoms. The van der Waals surface area contributed by atoms with Gasteiger partial charge in [-0.3, -0.25) is 0 Å². The third kappa shape index (κ3) is 2.31. The SMILES string of the molecule is COc1cccc(NC(C)C)c1OC. The second kappa shape index (κ2) is 4.74. The van der Waals surface area contributed by atoms with E-state index in [1.165, 1.54) is 0 Å². The second-order valence-electron chi connectivity index (χ2n) is 3.34. The van der Waals surface area contributed by atoms with E-state index in [2.05, 4.69) is 19.2 Å². The van der Waals surface area contributed by atoms with Crippen molar-refractivity contribution in [2.75, 3.05) is 19.5 Å². The summed E-state index contributed by atoms with van der Waals surface area (Å²) in [6.45, 7) is 4.16. The van der Waals surface area contributed by atoms with E-state index in [0.29, 0.717) is 6.04 Å². The van der Waals surface area contributed by atoms with Crippen LogP contribution < -0.4 is 14.8 Å². The molecule has 3 heteroatoms. The average molecular weight is 195 g/mol. The standard InChI is InChI=1S/C11H17NO2/c1-8(2)12-9-6-5-7-10(13-3)11(9)14-4/h5-8,12H,1-4H3. The monoisotopic (exact) mass is 195 g/mol. The summed E-state index contributed by atoms with van der Waals surface area (Å²) in [5, 5.41) is 3.29. The first-order valence-corrected chi connectivity index (χ1v) is 4.66. The van der Waals surface area contributed by atoms with Crippen molar-refractivity contribution >= 4 is 5.69 Å². The summed E-state index contributed by atoms with van der Waals surface area (Å²) >= 11 is 0. The molecule has 0 aliphatic heterocycles. The van der Waals surface area contributed by atoms with E-state index < -0.39 is 0 Å². The van der Waals surface area contributed by atoms with Gasteiger partial charge in [-0.25, -0.2) is 0 Å². The van der Waals surface area contributed by atoms with E-state index in [0.717, 1.165) is 17.2 Å². The highest BCUT2D eigenvalue weighted by Gasteiger charge is 2.09. The van der Waals surface area contributed by atoms with Gasteiger partial charge in [0, 0.05) is 6.04 Å². The van der Waals surface area contributed by atoms with Crippen LogP contribution in [0, 0.1) is 0 Å². The lowest BCUT2D eigenvalue weighted by Gasteiger charge is -2.15. The van der Waals surface area contributed by atoms with Crippen molar-refractivity contribution in [2.45, 2.75) is 19.9 Å². The Morgan fingerprint density at radius 2 is 1.86 bits per heavy atom. The Morgan fingerprint density at radius 3 is 2.36 bits per heavy atom. The number of rotatable bonds is 4. The molecule has 0 radical (unpaired) electrons. The number of methoxy groups -OCH3 is 2. The minimum atomic E-state index is 0.371. The van der Waals surface area contributed by atoms with Crippen molar-refractivity contribution in [1.82, 2.24) is 0 Å². The van der Waals surface area contributed by atoms with Gasteiger partial charge in [-0.1, -0.05) is 6.07 Å². The Hall–Kier alpha value is -1.38. The zero-order valence-corrected chi connectivity index (χ0v) is 9.13. The minimum Gasteiger partial charge on any atom is -0.493 e. The summed E-state index contributed by atoms with van der Waals surface area (Å²) in [6.07, 6.45) is 0. The zero-order chi connectivity index (χ0) is 10.6. The number of anilines is 1. The van der Waals surface area contributed by atoms with E-state index in [1.807, 2.05) is 18.2 Å². The zero-order valence-electron chi connectivity index (χ0n) is 9.13. The highest BCUT2D eigenvalue weighted by atomic mass is 16.5. The molecule has 78 valence electrons. The maximum atomic E-state index is 5.28. The third-order valence-corrected chi connectivity index (χ3v) is 1.85. The van der Waals surface area contributed by atoms with E-state index in [-0.39, 0.29) is 0 Å². The van der Waals surface area contributed by atoms with Gasteiger partial charge in [0.1, 0.15) is 0 Å². The molecule has 1 rings (SSSR count). The van der Waals surface area contributed by atoms with Crippen LogP contribution in [0.5, 0.6) is 11.5 Å². The molecule has 0 aliphatic carbocycles. The third-order valence-electron chi connectivity index (χ3n) is 1.85. The predicted octanol–water partition coefficient (Wildman–Crippen LogP) is 2.52. The molecule has 0 amide bonds. The van der Waals surface area contributed by atoms with Gasteiger partial charge in [0.15, 0.2) is 11.5 Å². The largest absolute Gasteiger partial charge is 0.493 e. The number of para-hydroxylation sites is 1. The highest BCUT2D eigenvalue weighted by Crippen LogP contribution is 2.34. The molecule has 1 aromatic rings. The van der Waals surface area contributed by atoms with Crippen LogP contribution in [0.3, 0.4) is 0 Å². The van der Waals surface area contributed by atoms with Crippen molar-refractivity contribution in [1.29, 1.82) is 0 Å². The molecule has 14 heavy (non-hydrogen) atoms. The van der Waals surface area contributed by atoms with E-state index >= 15 is 0 Å². The number of hydrogen-bond donors (Lipinski definition) is 1. The lowest BCUT2D eigenvalue weighted by atomic mass is 10.2. The van der Waals surface area contributed by atoms with Crippen LogP contribution in [-0.4, -0.2) is 20.3 Å². The Kier molecular flexibility index (Phi) is 3.63. The van der Waals surface area contributed by atoms with Crippen molar-refractivity contribution in [2.24, 2.45) is 0 Å². The summed E-state index contributed by atoms with van der Waals surface area (Å²) in [5.74, 6) is 1.50. The molecule has 0 aliphatic rings. The Morgan fingerprint density at radius 1 is 1.14 bits per heavy atom. The van der Waals surface area contributed by atoms with Crippen molar-refractivity contribution in [3.8, 4) is 11.5 Å². The highest BCUT2D eigenvalue weighted by molar-refractivity contribution is 5.63. The molecule has 0 saturated carbocycles. The van der Waals surface area contributed by atoms with Gasteiger partial charge in [-0.2, -0.15) is 0 Å². The van der Waals surface area contributed by atoms with E-state index in [9.17, 15) is 0 Å². The van der Waals surface area contributed by atoms with Crippen molar-refractivity contribution < 1.29 is 9.47 Å². The van der Waals surface area contributed by atoms with Crippen molar-refractivity contribution in [3.63, 3.8) is 0 Å². The van der Waals surface area contributed by atoms with Crippen LogP contribution in [-0.2, 0) is 0 Å². The van der Waals surface area contributed by atoms with Gasteiger partial charge in [0.05, 0.1) is 19.9 Å². The van der Waals surface area contributed by atoms with Gasteiger partial charge in [0.2, 0.25) is 0 Å². The molecule has 0 aromatic heterocycles. The molecule has 1 N–H and O–H groups in total. The average Bonchev–Trinajstić information content (AvgIpc) is 2.16. The van der Waals surface area contributed by atoms with Crippen LogP contribution in [0.2, 0.25) is 0 Å². The minimum absolute atomic E-state index is 0.371. The van der Waals surface area contributed by atoms with Gasteiger partial charge in [0.25, 0.3) is 0 Å². The molecule has 0 atom stereocenters. The maximum absolute atomic E-state index is 5.28. The maximum Gasteiger partial charge on any atom is 0.183 e. The first-order valence-electron chi connectivity index (χ1n) is 4.66. The van der Waals surface area contributed by atoms with Gasteiger partial charge in [-0.15, -0.1) is 0 Å². The fourth-order valence-electron chi connectivity index (χ4n) is 1.31. The molecule has 3 nitrogen and oxygen atoms in total. The summed E-state index contributed by atoms with van der Waals surface area (Å²) in [6, 6.07) is 6.16. The van der Waals surface area contributed by atoms with Crippen LogP contribution in [0.1, 0.15) is 13.8 Å². The first-order chi connectivity index (χ1) is 6.69. The Balaban J connectivity index is 3.02. The van der Waals surface area contributed by atoms with Crippen LogP contribution in [0.15, 0.2) is 18.2 Å². The molecule has 0 heterocycles. The summed E-state index contributed by atoms with van der Waals surface area (Å²) in [5.41, 5.74) is 0.960. The predicted molar refractivity (Wildman–Crippen MR) is 58.3 cm³/mol. The fraction of sp³-hybridized carbons (Fsp3) is 0.455. The van der Waals surface area contributed by atoms with Crippen molar-refractivity contribution in [3.05, 3.63) is 18.2 Å². The van der Waals surface area contributed by atoms with E-state index in [4.69, 9.17) is 9.47 Å². The molecule has 0 spiro atoms. The molecular formula is C11H17NO2.